The van der Waals surface area contributed by atoms with Gasteiger partial charge in [0.15, 0.2) is 0 Å². The summed E-state index contributed by atoms with van der Waals surface area (Å²) in [5.41, 5.74) is 3.32. The summed E-state index contributed by atoms with van der Waals surface area (Å²) in [6.07, 6.45) is 2.61. The van der Waals surface area contributed by atoms with Crippen molar-refractivity contribution in [3.63, 3.8) is 0 Å². The smallest absolute Gasteiger partial charge is 0.250 e. The molecule has 0 aliphatic carbocycles. The van der Waals surface area contributed by atoms with Gasteiger partial charge in [0.2, 0.25) is 17.7 Å². The van der Waals surface area contributed by atoms with Crippen LogP contribution in [0, 0.1) is 18.8 Å². The molecule has 6 heteroatoms. The second kappa shape index (κ2) is 6.26. The lowest BCUT2D eigenvalue weighted by atomic mass is 9.75. The summed E-state index contributed by atoms with van der Waals surface area (Å²) in [5.74, 6) is -1.76. The number of nitrogens with zero attached hydrogens (tertiary/aromatic N) is 2. The maximum Gasteiger partial charge on any atom is 0.250 e. The molecule has 31 heavy (non-hydrogen) atoms. The van der Waals surface area contributed by atoms with Crippen LogP contribution in [-0.4, -0.2) is 35.2 Å². The summed E-state index contributed by atoms with van der Waals surface area (Å²) in [5, 5.41) is 3.04. The van der Waals surface area contributed by atoms with Gasteiger partial charge in [-0.2, -0.15) is 0 Å². The number of hydrogen-bond donors (Lipinski definition) is 1. The van der Waals surface area contributed by atoms with Gasteiger partial charge >= 0.3 is 0 Å². The number of anilines is 2. The molecule has 1 spiro atoms. The number of nitrogens with one attached hydrogen (secondary N) is 1. The maximum atomic E-state index is 13.9. The Hall–Kier alpha value is -2.99. The van der Waals surface area contributed by atoms with E-state index in [1.807, 2.05) is 43.3 Å². The SMILES string of the molecule is CCc1ccc2c(c1)[C@]1(C(=O)N2)[C@@H]2C(=O)N(c3ccc(C)cc3)C(=O)[C@H]2[C@H]2CCCN21. The van der Waals surface area contributed by atoms with Gasteiger partial charge in [0.25, 0.3) is 0 Å². The van der Waals surface area contributed by atoms with Crippen LogP contribution >= 0.6 is 0 Å². The van der Waals surface area contributed by atoms with Gasteiger partial charge in [0.05, 0.1) is 17.5 Å². The van der Waals surface area contributed by atoms with Crippen LogP contribution in [-0.2, 0) is 26.3 Å². The molecule has 0 radical (unpaired) electrons. The Morgan fingerprint density at radius 3 is 2.58 bits per heavy atom. The van der Waals surface area contributed by atoms with Crippen molar-refractivity contribution in [2.75, 3.05) is 16.8 Å². The van der Waals surface area contributed by atoms with E-state index in [2.05, 4.69) is 23.2 Å². The Kier molecular flexibility index (Phi) is 3.79. The molecule has 0 saturated carbocycles. The first kappa shape index (κ1) is 18.8. The predicted molar refractivity (Wildman–Crippen MR) is 117 cm³/mol. The van der Waals surface area contributed by atoms with Crippen LogP contribution in [0.2, 0.25) is 0 Å². The van der Waals surface area contributed by atoms with Crippen molar-refractivity contribution >= 4 is 29.1 Å². The van der Waals surface area contributed by atoms with Gasteiger partial charge in [-0.15, -0.1) is 0 Å². The van der Waals surface area contributed by atoms with Crippen LogP contribution in [0.4, 0.5) is 11.4 Å². The number of fused-ring (bicyclic) bond motifs is 7. The van der Waals surface area contributed by atoms with Crippen molar-refractivity contribution in [1.82, 2.24) is 4.90 Å². The minimum Gasteiger partial charge on any atom is -0.324 e. The van der Waals surface area contributed by atoms with Gasteiger partial charge in [-0.25, -0.2) is 4.90 Å². The number of hydrogen-bond acceptors (Lipinski definition) is 4. The topological polar surface area (TPSA) is 69.7 Å². The van der Waals surface area contributed by atoms with Gasteiger partial charge in [0, 0.05) is 17.3 Å². The fourth-order valence-corrected chi connectivity index (χ4v) is 6.42. The predicted octanol–water partition coefficient (Wildman–Crippen LogP) is 2.99. The summed E-state index contributed by atoms with van der Waals surface area (Å²) in [4.78, 5) is 44.7. The molecule has 4 atom stereocenters. The Morgan fingerprint density at radius 2 is 1.84 bits per heavy atom. The molecular formula is C25H25N3O3. The maximum absolute atomic E-state index is 13.9. The van der Waals surface area contributed by atoms with Gasteiger partial charge in [-0.1, -0.05) is 36.8 Å². The van der Waals surface area contributed by atoms with E-state index in [0.29, 0.717) is 5.69 Å². The van der Waals surface area contributed by atoms with Crippen molar-refractivity contribution in [1.29, 1.82) is 0 Å². The number of carbonyl (C=O) groups excluding carboxylic acids is 3. The van der Waals surface area contributed by atoms with Gasteiger partial charge in [0.1, 0.15) is 5.54 Å². The van der Waals surface area contributed by atoms with Crippen molar-refractivity contribution in [2.45, 2.75) is 44.7 Å². The lowest BCUT2D eigenvalue weighted by Crippen LogP contribution is -2.54. The average Bonchev–Trinajstić information content (AvgIpc) is 3.47. The molecule has 4 aliphatic heterocycles. The quantitative estimate of drug-likeness (QED) is 0.766. The second-order valence-electron chi connectivity index (χ2n) is 9.21. The Morgan fingerprint density at radius 1 is 1.06 bits per heavy atom. The molecule has 158 valence electrons. The van der Waals surface area contributed by atoms with Crippen LogP contribution in [0.25, 0.3) is 0 Å². The monoisotopic (exact) mass is 415 g/mol. The van der Waals surface area contributed by atoms with Gasteiger partial charge < -0.3 is 5.32 Å². The normalized spacial score (nSPS) is 31.4. The molecule has 0 bridgehead atoms. The summed E-state index contributed by atoms with van der Waals surface area (Å²) in [6.45, 7) is 4.78. The zero-order valence-corrected chi connectivity index (χ0v) is 17.7. The zero-order valence-electron chi connectivity index (χ0n) is 17.7. The third-order valence-electron chi connectivity index (χ3n) is 7.76. The van der Waals surface area contributed by atoms with Crippen LogP contribution in [0.5, 0.6) is 0 Å². The number of aryl methyl sites for hydroxylation is 2. The number of imide groups is 1. The molecule has 3 saturated heterocycles. The van der Waals surface area contributed by atoms with E-state index in [-0.39, 0.29) is 23.8 Å². The first-order valence-corrected chi connectivity index (χ1v) is 11.1. The largest absolute Gasteiger partial charge is 0.324 e. The molecule has 4 heterocycles. The highest BCUT2D eigenvalue weighted by molar-refractivity contribution is 6.25. The molecule has 0 aromatic heterocycles. The minimum atomic E-state index is -1.10. The lowest BCUT2D eigenvalue weighted by molar-refractivity contribution is -0.135. The Bertz CT molecular complexity index is 1140. The van der Waals surface area contributed by atoms with Crippen molar-refractivity contribution in [3.8, 4) is 0 Å². The summed E-state index contributed by atoms with van der Waals surface area (Å²) in [6, 6.07) is 13.4. The Labute approximate surface area is 181 Å². The molecular weight excluding hydrogens is 390 g/mol. The summed E-state index contributed by atoms with van der Waals surface area (Å²) in [7, 11) is 0. The van der Waals surface area contributed by atoms with Crippen LogP contribution in [0.1, 0.15) is 36.5 Å². The fraction of sp³-hybridized carbons (Fsp3) is 0.400. The van der Waals surface area contributed by atoms with E-state index < -0.39 is 17.4 Å². The standard InChI is InChI=1S/C25H25N3O3/c1-3-15-8-11-18-17(13-15)25(24(31)26-18)21-20(19-5-4-12-27(19)25)22(29)28(23(21)30)16-9-6-14(2)7-10-16/h6-11,13,19-21H,3-5,12H2,1-2H3,(H,26,31)/t19-,20+,21+,25-/m1/s1. The third kappa shape index (κ3) is 2.18. The average molecular weight is 415 g/mol. The highest BCUT2D eigenvalue weighted by Gasteiger charge is 2.74. The molecule has 3 amide bonds. The molecule has 2 aromatic rings. The van der Waals surface area contributed by atoms with Gasteiger partial charge in [-0.05, 0) is 56.5 Å². The molecule has 3 fully saturated rings. The molecule has 4 aliphatic rings. The van der Waals surface area contributed by atoms with Crippen LogP contribution < -0.4 is 10.2 Å². The van der Waals surface area contributed by atoms with E-state index >= 15 is 0 Å². The second-order valence-corrected chi connectivity index (χ2v) is 9.21. The van der Waals surface area contributed by atoms with Crippen molar-refractivity contribution < 1.29 is 14.4 Å². The van der Waals surface area contributed by atoms with E-state index in [4.69, 9.17) is 0 Å². The highest BCUT2D eigenvalue weighted by atomic mass is 16.2. The van der Waals surface area contributed by atoms with E-state index in [1.165, 1.54) is 4.90 Å². The Balaban J connectivity index is 1.55. The summed E-state index contributed by atoms with van der Waals surface area (Å²) >= 11 is 0. The third-order valence-corrected chi connectivity index (χ3v) is 7.76. The van der Waals surface area contributed by atoms with Crippen LogP contribution in [0.15, 0.2) is 42.5 Å². The number of benzene rings is 2. The van der Waals surface area contributed by atoms with Crippen molar-refractivity contribution in [3.05, 3.63) is 59.2 Å². The number of rotatable bonds is 2. The van der Waals surface area contributed by atoms with E-state index in [1.54, 1.807) is 0 Å². The minimum absolute atomic E-state index is 0.0844. The molecule has 2 aromatic carbocycles. The lowest BCUT2D eigenvalue weighted by Gasteiger charge is -2.36. The zero-order chi connectivity index (χ0) is 21.5. The first-order chi connectivity index (χ1) is 15.0. The van der Waals surface area contributed by atoms with Crippen molar-refractivity contribution in [2.24, 2.45) is 11.8 Å². The summed E-state index contributed by atoms with van der Waals surface area (Å²) < 4.78 is 0. The highest BCUT2D eigenvalue weighted by Crippen LogP contribution is 2.60. The number of carbonyl (C=O) groups is 3. The van der Waals surface area contributed by atoms with Crippen LogP contribution in [0.3, 0.4) is 0 Å². The van der Waals surface area contributed by atoms with E-state index in [0.717, 1.165) is 48.2 Å². The van der Waals surface area contributed by atoms with E-state index in [9.17, 15) is 14.4 Å². The molecule has 1 N–H and O–H groups in total. The molecule has 6 nitrogen and oxygen atoms in total. The molecule has 0 unspecified atom stereocenters. The fourth-order valence-electron chi connectivity index (χ4n) is 6.42. The molecule has 6 rings (SSSR count). The first-order valence-electron chi connectivity index (χ1n) is 11.1. The number of amides is 3. The van der Waals surface area contributed by atoms with Gasteiger partial charge in [-0.3, -0.25) is 19.3 Å².